The van der Waals surface area contributed by atoms with Gasteiger partial charge in [-0.25, -0.2) is 4.98 Å². The highest BCUT2D eigenvalue weighted by atomic mass is 35.5. The molecule has 0 aliphatic rings. The zero-order valence-electron chi connectivity index (χ0n) is 9.77. The number of nitrogen functional groups attached to an aromatic ring is 1. The number of pyridine rings is 1. The monoisotopic (exact) mass is 277 g/mol. The Morgan fingerprint density at radius 1 is 1.33 bits per heavy atom. The number of nitrogens with zero attached hydrogens (tertiary/aromatic N) is 1. The zero-order valence-corrected chi connectivity index (χ0v) is 11.3. The Morgan fingerprint density at radius 2 is 2.11 bits per heavy atom. The molecule has 0 spiro atoms. The minimum absolute atomic E-state index is 0.0650. The van der Waals surface area contributed by atoms with Crippen molar-refractivity contribution in [2.24, 2.45) is 5.73 Å². The smallest absolute Gasteiger partial charge is 0.123 e. The molecule has 0 atom stereocenters. The molecule has 18 heavy (non-hydrogen) atoms. The summed E-state index contributed by atoms with van der Waals surface area (Å²) in [6, 6.07) is 9.37. The van der Waals surface area contributed by atoms with Crippen LogP contribution in [0.3, 0.4) is 0 Å². The van der Waals surface area contributed by atoms with Crippen LogP contribution < -0.4 is 5.73 Å². The molecular weight excluding hydrogens is 266 g/mol. The van der Waals surface area contributed by atoms with Crippen molar-refractivity contribution in [3.8, 4) is 0 Å². The van der Waals surface area contributed by atoms with Crippen LogP contribution in [0.5, 0.6) is 0 Å². The van der Waals surface area contributed by atoms with Gasteiger partial charge in [0.15, 0.2) is 0 Å². The molecule has 0 unspecified atom stereocenters. The molecule has 0 saturated heterocycles. The third-order valence-corrected chi connectivity index (χ3v) is 3.83. The van der Waals surface area contributed by atoms with Gasteiger partial charge in [-0.2, -0.15) is 0 Å². The molecule has 0 amide bonds. The fraction of sp³-hybridized carbons (Fsp3) is 0.0769. The van der Waals surface area contributed by atoms with Gasteiger partial charge >= 0.3 is 0 Å². The molecule has 2 rings (SSSR count). The van der Waals surface area contributed by atoms with Gasteiger partial charge in [-0.05, 0) is 24.6 Å². The van der Waals surface area contributed by atoms with Gasteiger partial charge in [0.25, 0.3) is 0 Å². The van der Waals surface area contributed by atoms with Gasteiger partial charge in [0.05, 0.1) is 5.02 Å². The van der Waals surface area contributed by atoms with Gasteiger partial charge in [-0.3, -0.25) is 5.41 Å². The minimum Gasteiger partial charge on any atom is -0.384 e. The van der Waals surface area contributed by atoms with E-state index in [1.165, 1.54) is 11.8 Å². The third-order valence-electron chi connectivity index (χ3n) is 2.41. The molecule has 1 heterocycles. The predicted octanol–water partition coefficient (Wildman–Crippen LogP) is 3.48. The summed E-state index contributed by atoms with van der Waals surface area (Å²) in [5, 5.41) is 9.03. The van der Waals surface area contributed by atoms with Crippen molar-refractivity contribution >= 4 is 29.2 Å². The van der Waals surface area contributed by atoms with Crippen LogP contribution in [-0.4, -0.2) is 10.8 Å². The lowest BCUT2D eigenvalue weighted by Crippen LogP contribution is -2.12. The summed E-state index contributed by atoms with van der Waals surface area (Å²) in [6.07, 6.45) is 1.61. The first kappa shape index (κ1) is 12.9. The number of nitrogens with one attached hydrogen (secondary N) is 1. The number of hydrogen-bond donors (Lipinski definition) is 2. The molecule has 0 aliphatic carbocycles. The van der Waals surface area contributed by atoms with E-state index in [9.17, 15) is 0 Å². The summed E-state index contributed by atoms with van der Waals surface area (Å²) in [7, 11) is 0. The van der Waals surface area contributed by atoms with Crippen molar-refractivity contribution < 1.29 is 0 Å². The second kappa shape index (κ2) is 5.42. The standard InChI is InChI=1S/C13H12ClN3S/c1-8-3-2-4-10(13(15)16)12(8)18-11-6-5-9(14)7-17-11/h2-7H,1H3,(H3,15,16). The van der Waals surface area contributed by atoms with Gasteiger partial charge in [0, 0.05) is 16.7 Å². The number of aryl methyl sites for hydroxylation is 1. The summed E-state index contributed by atoms with van der Waals surface area (Å²) >= 11 is 7.29. The molecule has 0 bridgehead atoms. The van der Waals surface area contributed by atoms with Gasteiger partial charge < -0.3 is 5.73 Å². The first-order valence-electron chi connectivity index (χ1n) is 5.31. The normalized spacial score (nSPS) is 10.3. The van der Waals surface area contributed by atoms with E-state index >= 15 is 0 Å². The van der Waals surface area contributed by atoms with Crippen molar-refractivity contribution in [1.82, 2.24) is 4.98 Å². The predicted molar refractivity (Wildman–Crippen MR) is 75.6 cm³/mol. The zero-order chi connectivity index (χ0) is 13.1. The fourth-order valence-electron chi connectivity index (χ4n) is 1.53. The second-order valence-corrected chi connectivity index (χ2v) is 5.25. The van der Waals surface area contributed by atoms with E-state index < -0.39 is 0 Å². The molecule has 92 valence electrons. The molecule has 3 N–H and O–H groups in total. The molecule has 2 aromatic rings. The van der Waals surface area contributed by atoms with E-state index in [0.29, 0.717) is 5.02 Å². The Bertz CT molecular complexity index is 581. The number of nitrogens with two attached hydrogens (primary N) is 1. The maximum atomic E-state index is 7.60. The quantitative estimate of drug-likeness (QED) is 0.667. The molecule has 0 aliphatic heterocycles. The van der Waals surface area contributed by atoms with Crippen molar-refractivity contribution in [2.75, 3.05) is 0 Å². The average molecular weight is 278 g/mol. The topological polar surface area (TPSA) is 62.8 Å². The van der Waals surface area contributed by atoms with Crippen molar-refractivity contribution in [3.05, 3.63) is 52.7 Å². The number of hydrogen-bond acceptors (Lipinski definition) is 3. The number of benzene rings is 1. The maximum absolute atomic E-state index is 7.60. The first-order valence-corrected chi connectivity index (χ1v) is 6.51. The van der Waals surface area contributed by atoms with Crippen LogP contribution in [0.15, 0.2) is 46.5 Å². The summed E-state index contributed by atoms with van der Waals surface area (Å²) in [5.41, 5.74) is 7.40. The van der Waals surface area contributed by atoms with Crippen molar-refractivity contribution in [1.29, 1.82) is 5.41 Å². The van der Waals surface area contributed by atoms with Crippen molar-refractivity contribution in [3.63, 3.8) is 0 Å². The lowest BCUT2D eigenvalue weighted by Gasteiger charge is -2.10. The van der Waals surface area contributed by atoms with Crippen LogP contribution in [0.4, 0.5) is 0 Å². The molecule has 3 nitrogen and oxygen atoms in total. The number of amidine groups is 1. The Morgan fingerprint density at radius 3 is 2.72 bits per heavy atom. The molecule has 1 aromatic carbocycles. The molecule has 0 fully saturated rings. The SMILES string of the molecule is Cc1cccc(C(=N)N)c1Sc1ccc(Cl)cn1. The number of halogens is 1. The van der Waals surface area contributed by atoms with E-state index in [-0.39, 0.29) is 5.84 Å². The van der Waals surface area contributed by atoms with E-state index in [1.54, 1.807) is 12.3 Å². The van der Waals surface area contributed by atoms with E-state index in [0.717, 1.165) is 21.0 Å². The lowest BCUT2D eigenvalue weighted by atomic mass is 10.1. The van der Waals surface area contributed by atoms with E-state index in [1.807, 2.05) is 31.2 Å². The Kier molecular flexibility index (Phi) is 3.89. The Balaban J connectivity index is 2.39. The van der Waals surface area contributed by atoms with Gasteiger partial charge in [0.1, 0.15) is 10.9 Å². The lowest BCUT2D eigenvalue weighted by molar-refractivity contribution is 1.13. The van der Waals surface area contributed by atoms with Crippen LogP contribution in [0.2, 0.25) is 5.02 Å². The summed E-state index contributed by atoms with van der Waals surface area (Å²) in [5.74, 6) is 0.0650. The summed E-state index contributed by atoms with van der Waals surface area (Å²) in [4.78, 5) is 5.19. The van der Waals surface area contributed by atoms with Crippen LogP contribution in [-0.2, 0) is 0 Å². The summed E-state index contributed by atoms with van der Waals surface area (Å²) in [6.45, 7) is 1.99. The van der Waals surface area contributed by atoms with E-state index in [2.05, 4.69) is 4.98 Å². The van der Waals surface area contributed by atoms with Gasteiger partial charge in [-0.1, -0.05) is 41.6 Å². The number of rotatable bonds is 3. The van der Waals surface area contributed by atoms with E-state index in [4.69, 9.17) is 22.7 Å². The van der Waals surface area contributed by atoms with Crippen LogP contribution in [0.25, 0.3) is 0 Å². The third kappa shape index (κ3) is 2.83. The molecule has 0 saturated carbocycles. The highest BCUT2D eigenvalue weighted by Crippen LogP contribution is 2.32. The molecular formula is C13H12ClN3S. The summed E-state index contributed by atoms with van der Waals surface area (Å²) < 4.78 is 0. The molecule has 1 aromatic heterocycles. The highest BCUT2D eigenvalue weighted by Gasteiger charge is 2.10. The number of aromatic nitrogens is 1. The second-order valence-electron chi connectivity index (χ2n) is 3.78. The first-order chi connectivity index (χ1) is 8.58. The largest absolute Gasteiger partial charge is 0.384 e. The Labute approximate surface area is 115 Å². The van der Waals surface area contributed by atoms with Crippen LogP contribution in [0.1, 0.15) is 11.1 Å². The van der Waals surface area contributed by atoms with Gasteiger partial charge in [0.2, 0.25) is 0 Å². The maximum Gasteiger partial charge on any atom is 0.123 e. The Hall–Kier alpha value is -1.52. The van der Waals surface area contributed by atoms with Crippen molar-refractivity contribution in [2.45, 2.75) is 16.8 Å². The fourth-order valence-corrected chi connectivity index (χ4v) is 2.61. The average Bonchev–Trinajstić information content (AvgIpc) is 2.34. The molecule has 0 radical (unpaired) electrons. The van der Waals surface area contributed by atoms with Crippen LogP contribution >= 0.6 is 23.4 Å². The molecule has 5 heteroatoms. The minimum atomic E-state index is 0.0650. The van der Waals surface area contributed by atoms with Crippen LogP contribution in [0, 0.1) is 12.3 Å². The highest BCUT2D eigenvalue weighted by molar-refractivity contribution is 7.99. The van der Waals surface area contributed by atoms with Gasteiger partial charge in [-0.15, -0.1) is 0 Å².